The molecule has 140 valence electrons. The molecule has 4 aromatic rings. The molecule has 1 amide bonds. The van der Waals surface area contributed by atoms with Crippen molar-refractivity contribution in [3.05, 3.63) is 95.1 Å². The molecule has 0 aliphatic heterocycles. The summed E-state index contributed by atoms with van der Waals surface area (Å²) in [6.45, 7) is 5.27. The number of nitrogens with zero attached hydrogens (tertiary/aromatic N) is 3. The third-order valence-electron chi connectivity index (χ3n) is 4.87. The lowest BCUT2D eigenvalue weighted by atomic mass is 10.1. The van der Waals surface area contributed by atoms with E-state index >= 15 is 0 Å². The highest BCUT2D eigenvalue weighted by Crippen LogP contribution is 2.20. The molecule has 0 bridgehead atoms. The number of rotatable bonds is 5. The van der Waals surface area contributed by atoms with Crippen molar-refractivity contribution in [2.45, 2.75) is 26.9 Å². The van der Waals surface area contributed by atoms with Gasteiger partial charge in [-0.1, -0.05) is 42.0 Å². The van der Waals surface area contributed by atoms with Gasteiger partial charge in [-0.2, -0.15) is 0 Å². The SMILES string of the molecule is Cc1ccc(C)c(Cn2c(CNC(=O)c3ccccn3)nc3ccccc32)c1. The second-order valence-corrected chi connectivity index (χ2v) is 6.93. The van der Waals surface area contributed by atoms with Crippen LogP contribution in [0.3, 0.4) is 0 Å². The fraction of sp³-hybridized carbons (Fsp3) is 0.174. The average molecular weight is 370 g/mol. The topological polar surface area (TPSA) is 59.8 Å². The van der Waals surface area contributed by atoms with Gasteiger partial charge in [-0.25, -0.2) is 4.98 Å². The van der Waals surface area contributed by atoms with Crippen LogP contribution in [-0.4, -0.2) is 20.4 Å². The Hall–Kier alpha value is -3.47. The van der Waals surface area contributed by atoms with Crippen LogP contribution in [0.5, 0.6) is 0 Å². The Balaban J connectivity index is 1.65. The van der Waals surface area contributed by atoms with Crippen LogP contribution in [0.25, 0.3) is 11.0 Å². The lowest BCUT2D eigenvalue weighted by molar-refractivity contribution is 0.0944. The van der Waals surface area contributed by atoms with E-state index in [-0.39, 0.29) is 5.91 Å². The molecule has 0 fully saturated rings. The first-order valence-electron chi connectivity index (χ1n) is 9.31. The second kappa shape index (κ2) is 7.64. The number of benzene rings is 2. The smallest absolute Gasteiger partial charge is 0.270 e. The number of amides is 1. The molecule has 5 heteroatoms. The first kappa shape index (κ1) is 17.9. The van der Waals surface area contributed by atoms with E-state index in [0.717, 1.165) is 16.9 Å². The summed E-state index contributed by atoms with van der Waals surface area (Å²) in [7, 11) is 0. The molecule has 4 rings (SSSR count). The summed E-state index contributed by atoms with van der Waals surface area (Å²) in [6.07, 6.45) is 1.62. The van der Waals surface area contributed by atoms with Crippen molar-refractivity contribution < 1.29 is 4.79 Å². The summed E-state index contributed by atoms with van der Waals surface area (Å²) >= 11 is 0. The number of pyridine rings is 1. The number of nitrogens with one attached hydrogen (secondary N) is 1. The number of aryl methyl sites for hydroxylation is 2. The molecule has 2 aromatic heterocycles. The first-order valence-corrected chi connectivity index (χ1v) is 9.31. The number of hydrogen-bond acceptors (Lipinski definition) is 3. The van der Waals surface area contributed by atoms with Crippen molar-refractivity contribution in [3.8, 4) is 0 Å². The van der Waals surface area contributed by atoms with Crippen LogP contribution in [0.2, 0.25) is 0 Å². The van der Waals surface area contributed by atoms with Crippen molar-refractivity contribution in [3.63, 3.8) is 0 Å². The van der Waals surface area contributed by atoms with Crippen LogP contribution >= 0.6 is 0 Å². The minimum Gasteiger partial charge on any atom is -0.343 e. The Morgan fingerprint density at radius 1 is 1.04 bits per heavy atom. The van der Waals surface area contributed by atoms with Gasteiger partial charge in [0.25, 0.3) is 5.91 Å². The standard InChI is InChI=1S/C23H22N4O/c1-16-10-11-17(2)18(13-16)15-27-21-9-4-3-7-19(21)26-22(27)14-25-23(28)20-8-5-6-12-24-20/h3-13H,14-15H2,1-2H3,(H,25,28). The molecule has 2 heterocycles. The van der Waals surface area contributed by atoms with E-state index in [1.54, 1.807) is 24.4 Å². The van der Waals surface area contributed by atoms with Gasteiger partial charge in [0.15, 0.2) is 0 Å². The van der Waals surface area contributed by atoms with Gasteiger partial charge in [0.1, 0.15) is 11.5 Å². The zero-order valence-corrected chi connectivity index (χ0v) is 16.0. The van der Waals surface area contributed by atoms with Gasteiger partial charge in [-0.15, -0.1) is 0 Å². The molecule has 0 radical (unpaired) electrons. The Kier molecular flexibility index (Phi) is 4.89. The zero-order valence-electron chi connectivity index (χ0n) is 16.0. The predicted octanol–water partition coefficient (Wildman–Crippen LogP) is 4.03. The van der Waals surface area contributed by atoms with Crippen LogP contribution in [0.1, 0.15) is 33.0 Å². The van der Waals surface area contributed by atoms with Crippen LogP contribution in [0.4, 0.5) is 0 Å². The molecule has 5 nitrogen and oxygen atoms in total. The zero-order chi connectivity index (χ0) is 19.5. The maximum Gasteiger partial charge on any atom is 0.270 e. The molecule has 2 aromatic carbocycles. The molecule has 0 unspecified atom stereocenters. The fourth-order valence-corrected chi connectivity index (χ4v) is 3.32. The van der Waals surface area contributed by atoms with Gasteiger partial charge in [-0.3, -0.25) is 9.78 Å². The molecule has 0 saturated heterocycles. The highest BCUT2D eigenvalue weighted by molar-refractivity contribution is 5.92. The molecule has 0 aliphatic carbocycles. The summed E-state index contributed by atoms with van der Waals surface area (Å²) < 4.78 is 2.18. The summed E-state index contributed by atoms with van der Waals surface area (Å²) in [5, 5.41) is 2.94. The molecule has 0 spiro atoms. The van der Waals surface area contributed by atoms with Crippen molar-refractivity contribution in [1.82, 2.24) is 19.9 Å². The molecule has 0 aliphatic rings. The van der Waals surface area contributed by atoms with Crippen molar-refractivity contribution in [2.75, 3.05) is 0 Å². The predicted molar refractivity (Wildman–Crippen MR) is 110 cm³/mol. The van der Waals surface area contributed by atoms with Gasteiger partial charge in [0.05, 0.1) is 17.6 Å². The number of carbonyl (C=O) groups is 1. The Bertz CT molecular complexity index is 1130. The number of imidazole rings is 1. The van der Waals surface area contributed by atoms with Gasteiger partial charge in [0.2, 0.25) is 0 Å². The minimum absolute atomic E-state index is 0.203. The van der Waals surface area contributed by atoms with Crippen LogP contribution < -0.4 is 5.32 Å². The Labute approximate surface area is 164 Å². The van der Waals surface area contributed by atoms with E-state index < -0.39 is 0 Å². The highest BCUT2D eigenvalue weighted by atomic mass is 16.1. The van der Waals surface area contributed by atoms with Gasteiger partial charge in [-0.05, 0) is 49.2 Å². The van der Waals surface area contributed by atoms with E-state index in [4.69, 9.17) is 4.98 Å². The summed E-state index contributed by atoms with van der Waals surface area (Å²) in [5.41, 5.74) is 6.11. The maximum atomic E-state index is 12.4. The van der Waals surface area contributed by atoms with E-state index in [2.05, 4.69) is 53.0 Å². The van der Waals surface area contributed by atoms with Gasteiger partial charge < -0.3 is 9.88 Å². The lowest BCUT2D eigenvalue weighted by Gasteiger charge is -2.13. The number of fused-ring (bicyclic) bond motifs is 1. The monoisotopic (exact) mass is 370 g/mol. The largest absolute Gasteiger partial charge is 0.343 e. The van der Waals surface area contributed by atoms with E-state index in [1.807, 2.05) is 18.2 Å². The molecule has 28 heavy (non-hydrogen) atoms. The molecule has 0 atom stereocenters. The van der Waals surface area contributed by atoms with E-state index in [1.165, 1.54) is 16.7 Å². The van der Waals surface area contributed by atoms with E-state index in [9.17, 15) is 4.79 Å². The number of carbonyl (C=O) groups excluding carboxylic acids is 1. The molecular formula is C23H22N4O. The summed E-state index contributed by atoms with van der Waals surface area (Å²) in [5.74, 6) is 0.623. The normalized spacial score (nSPS) is 10.9. The van der Waals surface area contributed by atoms with Gasteiger partial charge >= 0.3 is 0 Å². The minimum atomic E-state index is -0.203. The third-order valence-corrected chi connectivity index (χ3v) is 4.87. The van der Waals surface area contributed by atoms with Crippen LogP contribution in [-0.2, 0) is 13.1 Å². The van der Waals surface area contributed by atoms with Crippen LogP contribution in [0.15, 0.2) is 66.9 Å². The van der Waals surface area contributed by atoms with Crippen molar-refractivity contribution in [1.29, 1.82) is 0 Å². The summed E-state index contributed by atoms with van der Waals surface area (Å²) in [6, 6.07) is 19.8. The number of aromatic nitrogens is 3. The lowest BCUT2D eigenvalue weighted by Crippen LogP contribution is -2.25. The quantitative estimate of drug-likeness (QED) is 0.577. The fourth-order valence-electron chi connectivity index (χ4n) is 3.32. The van der Waals surface area contributed by atoms with Crippen molar-refractivity contribution in [2.24, 2.45) is 0 Å². The molecular weight excluding hydrogens is 348 g/mol. The molecule has 1 N–H and O–H groups in total. The van der Waals surface area contributed by atoms with Gasteiger partial charge in [0, 0.05) is 12.7 Å². The second-order valence-electron chi connectivity index (χ2n) is 6.93. The van der Waals surface area contributed by atoms with Crippen LogP contribution in [0, 0.1) is 13.8 Å². The van der Waals surface area contributed by atoms with Crippen molar-refractivity contribution >= 4 is 16.9 Å². The Morgan fingerprint density at radius 3 is 2.68 bits per heavy atom. The maximum absolute atomic E-state index is 12.4. The highest BCUT2D eigenvalue weighted by Gasteiger charge is 2.14. The average Bonchev–Trinajstić information content (AvgIpc) is 3.07. The number of para-hydroxylation sites is 2. The Morgan fingerprint density at radius 2 is 1.86 bits per heavy atom. The third kappa shape index (κ3) is 3.64. The van der Waals surface area contributed by atoms with E-state index in [0.29, 0.717) is 18.8 Å². The first-order chi connectivity index (χ1) is 13.6. The molecule has 0 saturated carbocycles. The number of hydrogen-bond donors (Lipinski definition) is 1. The summed E-state index contributed by atoms with van der Waals surface area (Å²) in [4.78, 5) is 21.3.